The molecule has 0 aliphatic rings. The Morgan fingerprint density at radius 2 is 1.61 bits per heavy atom. The molecular formula is C19H25ClN2O. The number of carbonyl (C=O) groups is 1. The third kappa shape index (κ3) is 5.08. The van der Waals surface area contributed by atoms with Gasteiger partial charge in [0, 0.05) is 18.7 Å². The van der Waals surface area contributed by atoms with Crippen molar-refractivity contribution in [2.75, 3.05) is 6.54 Å². The first-order valence-electron chi connectivity index (χ1n) is 7.65. The van der Waals surface area contributed by atoms with Crippen molar-refractivity contribution in [3.63, 3.8) is 0 Å². The second kappa shape index (κ2) is 8.70. The zero-order chi connectivity index (χ0) is 16.1. The maximum atomic E-state index is 12.1. The molecule has 2 aromatic rings. The van der Waals surface area contributed by atoms with E-state index in [0.29, 0.717) is 18.7 Å². The highest BCUT2D eigenvalue weighted by Gasteiger charge is 2.07. The zero-order valence-corrected chi connectivity index (χ0v) is 14.8. The van der Waals surface area contributed by atoms with Crippen molar-refractivity contribution in [2.45, 2.75) is 33.7 Å². The van der Waals surface area contributed by atoms with E-state index in [4.69, 9.17) is 5.73 Å². The Morgan fingerprint density at radius 1 is 1.04 bits per heavy atom. The summed E-state index contributed by atoms with van der Waals surface area (Å²) in [5.41, 5.74) is 12.4. The molecule has 23 heavy (non-hydrogen) atoms. The first kappa shape index (κ1) is 19.2. The van der Waals surface area contributed by atoms with Gasteiger partial charge >= 0.3 is 0 Å². The number of carbonyl (C=O) groups excluding carboxylic acids is 1. The molecule has 0 saturated carbocycles. The predicted octanol–water partition coefficient (Wildman–Crippen LogP) is 3.46. The van der Waals surface area contributed by atoms with E-state index in [2.05, 4.69) is 38.2 Å². The molecular weight excluding hydrogens is 308 g/mol. The van der Waals surface area contributed by atoms with Gasteiger partial charge in [0.25, 0.3) is 5.91 Å². The summed E-state index contributed by atoms with van der Waals surface area (Å²) < 4.78 is 0. The van der Waals surface area contributed by atoms with Crippen molar-refractivity contribution in [1.29, 1.82) is 0 Å². The number of hydrogen-bond donors (Lipinski definition) is 2. The van der Waals surface area contributed by atoms with Crippen LogP contribution in [-0.4, -0.2) is 12.5 Å². The van der Waals surface area contributed by atoms with E-state index in [9.17, 15) is 4.79 Å². The Hall–Kier alpha value is -1.84. The third-order valence-electron chi connectivity index (χ3n) is 3.95. The molecule has 2 rings (SSSR count). The SMILES string of the molecule is Cc1cc(C)c(CCNC(=O)c2ccc(CN)cc2)c(C)c1.Cl. The summed E-state index contributed by atoms with van der Waals surface area (Å²) in [6, 6.07) is 11.8. The number of halogens is 1. The maximum absolute atomic E-state index is 12.1. The highest BCUT2D eigenvalue weighted by molar-refractivity contribution is 5.94. The quantitative estimate of drug-likeness (QED) is 0.881. The Morgan fingerprint density at radius 3 is 2.13 bits per heavy atom. The summed E-state index contributed by atoms with van der Waals surface area (Å²) in [4.78, 5) is 12.1. The summed E-state index contributed by atoms with van der Waals surface area (Å²) in [5, 5.41) is 2.98. The molecule has 0 radical (unpaired) electrons. The lowest BCUT2D eigenvalue weighted by Gasteiger charge is -2.12. The Labute approximate surface area is 144 Å². The van der Waals surface area contributed by atoms with Crippen LogP contribution in [0, 0.1) is 20.8 Å². The molecule has 0 saturated heterocycles. The molecule has 0 bridgehead atoms. The second-order valence-corrected chi connectivity index (χ2v) is 5.78. The van der Waals surface area contributed by atoms with Gasteiger partial charge in [-0.3, -0.25) is 4.79 Å². The van der Waals surface area contributed by atoms with Crippen molar-refractivity contribution in [1.82, 2.24) is 5.32 Å². The number of hydrogen-bond acceptors (Lipinski definition) is 2. The summed E-state index contributed by atoms with van der Waals surface area (Å²) in [6.45, 7) is 7.50. The van der Waals surface area contributed by atoms with Gasteiger partial charge < -0.3 is 11.1 Å². The van der Waals surface area contributed by atoms with E-state index >= 15 is 0 Å². The van der Waals surface area contributed by atoms with Gasteiger partial charge in [-0.05, 0) is 61.6 Å². The standard InChI is InChI=1S/C19H24N2O.ClH/c1-13-10-14(2)18(15(3)11-13)8-9-21-19(22)17-6-4-16(12-20)5-7-17;/h4-7,10-11H,8-9,12,20H2,1-3H3,(H,21,22);1H. The molecule has 4 heteroatoms. The Bertz CT molecular complexity index is 643. The van der Waals surface area contributed by atoms with Crippen LogP contribution < -0.4 is 11.1 Å². The molecule has 0 unspecified atom stereocenters. The maximum Gasteiger partial charge on any atom is 0.251 e. The molecule has 3 nitrogen and oxygen atoms in total. The summed E-state index contributed by atoms with van der Waals surface area (Å²) in [7, 11) is 0. The van der Waals surface area contributed by atoms with Gasteiger partial charge in [-0.15, -0.1) is 12.4 Å². The van der Waals surface area contributed by atoms with Crippen LogP contribution in [0.3, 0.4) is 0 Å². The number of benzene rings is 2. The second-order valence-electron chi connectivity index (χ2n) is 5.78. The highest BCUT2D eigenvalue weighted by atomic mass is 35.5. The van der Waals surface area contributed by atoms with Gasteiger partial charge in [0.2, 0.25) is 0 Å². The third-order valence-corrected chi connectivity index (χ3v) is 3.95. The van der Waals surface area contributed by atoms with Crippen molar-refractivity contribution in [3.8, 4) is 0 Å². The van der Waals surface area contributed by atoms with E-state index in [1.54, 1.807) is 0 Å². The van der Waals surface area contributed by atoms with Crippen LogP contribution in [0.25, 0.3) is 0 Å². The summed E-state index contributed by atoms with van der Waals surface area (Å²) in [5.74, 6) is -0.0361. The number of nitrogens with one attached hydrogen (secondary N) is 1. The zero-order valence-electron chi connectivity index (χ0n) is 14.0. The van der Waals surface area contributed by atoms with Crippen LogP contribution >= 0.6 is 12.4 Å². The first-order valence-corrected chi connectivity index (χ1v) is 7.65. The lowest BCUT2D eigenvalue weighted by Crippen LogP contribution is -2.26. The van der Waals surface area contributed by atoms with Gasteiger partial charge in [0.05, 0.1) is 0 Å². The van der Waals surface area contributed by atoms with Crippen LogP contribution in [-0.2, 0) is 13.0 Å². The van der Waals surface area contributed by atoms with Gasteiger partial charge in [-0.2, -0.15) is 0 Å². The number of aryl methyl sites for hydroxylation is 3. The fourth-order valence-electron chi connectivity index (χ4n) is 2.80. The smallest absolute Gasteiger partial charge is 0.251 e. The van der Waals surface area contributed by atoms with E-state index in [1.807, 2.05) is 24.3 Å². The van der Waals surface area contributed by atoms with Gasteiger partial charge in [0.1, 0.15) is 0 Å². The van der Waals surface area contributed by atoms with Crippen molar-refractivity contribution < 1.29 is 4.79 Å². The minimum absolute atomic E-state index is 0. The molecule has 0 spiro atoms. The molecule has 124 valence electrons. The molecule has 0 aromatic heterocycles. The monoisotopic (exact) mass is 332 g/mol. The van der Waals surface area contributed by atoms with Crippen LogP contribution in [0.1, 0.15) is 38.2 Å². The van der Waals surface area contributed by atoms with Crippen LogP contribution in [0.15, 0.2) is 36.4 Å². The van der Waals surface area contributed by atoms with Gasteiger partial charge in [-0.25, -0.2) is 0 Å². The fraction of sp³-hybridized carbons (Fsp3) is 0.316. The van der Waals surface area contributed by atoms with Crippen molar-refractivity contribution >= 4 is 18.3 Å². The summed E-state index contributed by atoms with van der Waals surface area (Å²) in [6.07, 6.45) is 0.852. The average Bonchev–Trinajstić information content (AvgIpc) is 2.49. The van der Waals surface area contributed by atoms with Gasteiger partial charge in [-0.1, -0.05) is 29.8 Å². The normalized spacial score (nSPS) is 10.1. The molecule has 0 heterocycles. The highest BCUT2D eigenvalue weighted by Crippen LogP contribution is 2.16. The molecule has 1 amide bonds. The Balaban J connectivity index is 0.00000264. The average molecular weight is 333 g/mol. The van der Waals surface area contributed by atoms with E-state index in [0.717, 1.165) is 12.0 Å². The molecule has 0 aliphatic carbocycles. The first-order chi connectivity index (χ1) is 10.5. The minimum Gasteiger partial charge on any atom is -0.352 e. The van der Waals surface area contributed by atoms with Crippen LogP contribution in [0.2, 0.25) is 0 Å². The molecule has 0 atom stereocenters. The molecule has 2 aromatic carbocycles. The van der Waals surface area contributed by atoms with E-state index < -0.39 is 0 Å². The molecule has 0 fully saturated rings. The molecule has 3 N–H and O–H groups in total. The van der Waals surface area contributed by atoms with Crippen molar-refractivity contribution in [3.05, 3.63) is 69.8 Å². The lowest BCUT2D eigenvalue weighted by atomic mass is 9.97. The van der Waals surface area contributed by atoms with Crippen molar-refractivity contribution in [2.24, 2.45) is 5.73 Å². The number of rotatable bonds is 5. The number of nitrogens with two attached hydrogens (primary N) is 1. The molecule has 0 aliphatic heterocycles. The van der Waals surface area contributed by atoms with E-state index in [-0.39, 0.29) is 18.3 Å². The van der Waals surface area contributed by atoms with Crippen LogP contribution in [0.4, 0.5) is 0 Å². The largest absolute Gasteiger partial charge is 0.352 e. The Kier molecular flexibility index (Phi) is 7.27. The predicted molar refractivity (Wildman–Crippen MR) is 98.3 cm³/mol. The fourth-order valence-corrected chi connectivity index (χ4v) is 2.80. The van der Waals surface area contributed by atoms with Crippen LogP contribution in [0.5, 0.6) is 0 Å². The number of amides is 1. The summed E-state index contributed by atoms with van der Waals surface area (Å²) >= 11 is 0. The topological polar surface area (TPSA) is 55.1 Å². The minimum atomic E-state index is -0.0361. The van der Waals surface area contributed by atoms with Gasteiger partial charge in [0.15, 0.2) is 0 Å². The lowest BCUT2D eigenvalue weighted by molar-refractivity contribution is 0.0954. The van der Waals surface area contributed by atoms with E-state index in [1.165, 1.54) is 22.3 Å².